The van der Waals surface area contributed by atoms with E-state index in [9.17, 15) is 17.6 Å². The average Bonchev–Trinajstić information content (AvgIpc) is 2.69. The van der Waals surface area contributed by atoms with Crippen molar-refractivity contribution in [2.24, 2.45) is 0 Å². The van der Waals surface area contributed by atoms with E-state index in [4.69, 9.17) is 0 Å². The second-order valence-corrected chi connectivity index (χ2v) is 8.53. The van der Waals surface area contributed by atoms with Crippen LogP contribution in [-0.4, -0.2) is 47.0 Å². The summed E-state index contributed by atoms with van der Waals surface area (Å²) in [5.41, 5.74) is 1.17. The molecule has 0 atom stereocenters. The van der Waals surface area contributed by atoms with Crippen LogP contribution in [0.4, 0.5) is 15.8 Å². The molecule has 1 amide bonds. The zero-order valence-corrected chi connectivity index (χ0v) is 16.8. The van der Waals surface area contributed by atoms with E-state index in [0.717, 1.165) is 37.9 Å². The fourth-order valence-electron chi connectivity index (χ4n) is 3.39. The van der Waals surface area contributed by atoms with Crippen molar-refractivity contribution in [1.29, 1.82) is 0 Å². The van der Waals surface area contributed by atoms with Crippen LogP contribution >= 0.6 is 0 Å². The van der Waals surface area contributed by atoms with Gasteiger partial charge in [0.2, 0.25) is 15.7 Å². The van der Waals surface area contributed by atoms with Crippen molar-refractivity contribution >= 4 is 27.1 Å². The van der Waals surface area contributed by atoms with E-state index in [-0.39, 0.29) is 15.7 Å². The molecule has 0 saturated carbocycles. The number of hydrogen-bond donors (Lipinski definition) is 1. The lowest BCUT2D eigenvalue weighted by molar-refractivity contribution is -0.116. The molecule has 2 aromatic rings. The Kier molecular flexibility index (Phi) is 6.00. The molecule has 0 unspecified atom stereocenters. The largest absolute Gasteiger partial charge is 0.369 e. The van der Waals surface area contributed by atoms with E-state index in [2.05, 4.69) is 10.2 Å². The first kappa shape index (κ1) is 20.3. The Labute approximate surface area is 164 Å². The normalized spacial score (nSPS) is 14.8. The molecule has 0 spiro atoms. The lowest BCUT2D eigenvalue weighted by Gasteiger charge is -2.31. The van der Waals surface area contributed by atoms with Crippen molar-refractivity contribution in [2.45, 2.75) is 23.6 Å². The molecule has 1 saturated heterocycles. The molecular weight excluding hydrogens is 381 g/mol. The van der Waals surface area contributed by atoms with Crippen LogP contribution in [0.3, 0.4) is 0 Å². The van der Waals surface area contributed by atoms with Gasteiger partial charge in [0.1, 0.15) is 5.82 Å². The van der Waals surface area contributed by atoms with Crippen LogP contribution in [-0.2, 0) is 14.6 Å². The van der Waals surface area contributed by atoms with E-state index >= 15 is 0 Å². The van der Waals surface area contributed by atoms with Gasteiger partial charge in [-0.1, -0.05) is 6.07 Å². The molecule has 6 nitrogen and oxygen atoms in total. The molecule has 0 aromatic heterocycles. The summed E-state index contributed by atoms with van der Waals surface area (Å²) in [6.07, 6.45) is 0. The molecule has 0 bridgehead atoms. The third-order valence-corrected chi connectivity index (χ3v) is 6.61. The third kappa shape index (κ3) is 4.02. The van der Waals surface area contributed by atoms with Crippen molar-refractivity contribution in [3.05, 3.63) is 48.3 Å². The quantitative estimate of drug-likeness (QED) is 0.828. The Morgan fingerprint density at radius 1 is 1.18 bits per heavy atom. The number of anilines is 2. The molecule has 150 valence electrons. The molecule has 1 fully saturated rings. The number of carbonyl (C=O) groups excluding carboxylic acids is 1. The Morgan fingerprint density at radius 3 is 2.50 bits per heavy atom. The highest BCUT2D eigenvalue weighted by molar-refractivity contribution is 7.91. The second kappa shape index (κ2) is 8.28. The number of nitrogens with zero attached hydrogens (tertiary/aromatic N) is 2. The summed E-state index contributed by atoms with van der Waals surface area (Å²) < 4.78 is 40.1. The Hall–Kier alpha value is -2.45. The first-order valence-electron chi connectivity index (χ1n) is 9.23. The number of sulfone groups is 1. The maximum Gasteiger partial charge on any atom is 0.223 e. The van der Waals surface area contributed by atoms with Gasteiger partial charge >= 0.3 is 0 Å². The van der Waals surface area contributed by atoms with Gasteiger partial charge in [-0.25, -0.2) is 12.8 Å². The van der Waals surface area contributed by atoms with Crippen LogP contribution in [0.5, 0.6) is 0 Å². The number of piperazine rings is 1. The van der Waals surface area contributed by atoms with Gasteiger partial charge in [0.05, 0.1) is 15.5 Å². The zero-order chi connectivity index (χ0) is 20.3. The van der Waals surface area contributed by atoms with Gasteiger partial charge in [-0.3, -0.25) is 4.79 Å². The zero-order valence-electron chi connectivity index (χ0n) is 16.0. The van der Waals surface area contributed by atoms with E-state index in [0.29, 0.717) is 12.2 Å². The van der Waals surface area contributed by atoms with Gasteiger partial charge in [0.25, 0.3) is 0 Å². The van der Waals surface area contributed by atoms with Crippen LogP contribution in [0.15, 0.2) is 52.3 Å². The summed E-state index contributed by atoms with van der Waals surface area (Å²) in [4.78, 5) is 15.6. The number of amides is 1. The predicted octanol–water partition coefficient (Wildman–Crippen LogP) is 2.44. The Balaban J connectivity index is 2.15. The van der Waals surface area contributed by atoms with Crippen LogP contribution in [0, 0.1) is 5.82 Å². The number of halogens is 1. The standard InChI is InChI=1S/C20H24FN3O3S/c1-3-24(15(2)25)19-14-17(23-11-9-22-10-12-23)7-8-20(19)28(26,27)18-6-4-5-16(21)13-18/h4-8,13-14,22H,3,9-12H2,1-2H3. The van der Waals surface area contributed by atoms with Gasteiger partial charge in [-0.05, 0) is 43.3 Å². The Morgan fingerprint density at radius 2 is 1.89 bits per heavy atom. The van der Waals surface area contributed by atoms with Gasteiger partial charge in [-0.15, -0.1) is 0 Å². The first-order chi connectivity index (χ1) is 13.3. The molecule has 3 rings (SSSR count). The minimum absolute atomic E-state index is 0.00552. The van der Waals surface area contributed by atoms with Crippen molar-refractivity contribution in [1.82, 2.24) is 5.32 Å². The molecule has 0 aliphatic carbocycles. The summed E-state index contributed by atoms with van der Waals surface area (Å²) in [5.74, 6) is -0.880. The summed E-state index contributed by atoms with van der Waals surface area (Å²) in [6, 6.07) is 9.90. The van der Waals surface area contributed by atoms with Crippen molar-refractivity contribution in [3.63, 3.8) is 0 Å². The third-order valence-electron chi connectivity index (χ3n) is 4.81. The van der Waals surface area contributed by atoms with Crippen LogP contribution < -0.4 is 15.1 Å². The molecule has 1 aliphatic heterocycles. The lowest BCUT2D eigenvalue weighted by atomic mass is 10.2. The maximum absolute atomic E-state index is 13.6. The number of hydrogen-bond acceptors (Lipinski definition) is 5. The van der Waals surface area contributed by atoms with Crippen LogP contribution in [0.25, 0.3) is 0 Å². The monoisotopic (exact) mass is 405 g/mol. The van der Waals surface area contributed by atoms with E-state index in [1.165, 1.54) is 36.1 Å². The summed E-state index contributed by atoms with van der Waals surface area (Å²) >= 11 is 0. The van der Waals surface area contributed by atoms with Gasteiger partial charge in [-0.2, -0.15) is 0 Å². The number of rotatable bonds is 5. The average molecular weight is 405 g/mol. The molecule has 0 radical (unpaired) electrons. The van der Waals surface area contributed by atoms with Crippen molar-refractivity contribution in [3.8, 4) is 0 Å². The number of benzene rings is 2. The molecule has 28 heavy (non-hydrogen) atoms. The van der Waals surface area contributed by atoms with E-state index in [1.54, 1.807) is 19.1 Å². The van der Waals surface area contributed by atoms with Gasteiger partial charge < -0.3 is 15.1 Å². The molecular formula is C20H24FN3O3S. The minimum Gasteiger partial charge on any atom is -0.369 e. The fraction of sp³-hybridized carbons (Fsp3) is 0.350. The maximum atomic E-state index is 13.6. The lowest BCUT2D eigenvalue weighted by Crippen LogP contribution is -2.43. The smallest absolute Gasteiger partial charge is 0.223 e. The summed E-state index contributed by atoms with van der Waals surface area (Å²) in [7, 11) is -3.99. The highest BCUT2D eigenvalue weighted by Gasteiger charge is 2.27. The highest BCUT2D eigenvalue weighted by Crippen LogP contribution is 2.34. The molecule has 8 heteroatoms. The van der Waals surface area contributed by atoms with E-state index in [1.807, 2.05) is 0 Å². The van der Waals surface area contributed by atoms with Gasteiger partial charge in [0.15, 0.2) is 0 Å². The Bertz CT molecular complexity index is 972. The molecule has 2 aromatic carbocycles. The highest BCUT2D eigenvalue weighted by atomic mass is 32.2. The van der Waals surface area contributed by atoms with Gasteiger partial charge in [0, 0.05) is 45.3 Å². The molecule has 1 aliphatic rings. The van der Waals surface area contributed by atoms with Crippen molar-refractivity contribution in [2.75, 3.05) is 42.5 Å². The van der Waals surface area contributed by atoms with Crippen molar-refractivity contribution < 1.29 is 17.6 Å². The second-order valence-electron chi connectivity index (χ2n) is 6.61. The fourth-order valence-corrected chi connectivity index (χ4v) is 4.86. The predicted molar refractivity (Wildman–Crippen MR) is 107 cm³/mol. The van der Waals surface area contributed by atoms with Crippen LogP contribution in [0.2, 0.25) is 0 Å². The SMILES string of the molecule is CCN(C(C)=O)c1cc(N2CCNCC2)ccc1S(=O)(=O)c1cccc(F)c1. The summed E-state index contributed by atoms with van der Waals surface area (Å²) in [6.45, 7) is 6.78. The van der Waals surface area contributed by atoms with E-state index < -0.39 is 15.7 Å². The van der Waals surface area contributed by atoms with Crippen LogP contribution in [0.1, 0.15) is 13.8 Å². The summed E-state index contributed by atoms with van der Waals surface area (Å²) in [5, 5.41) is 3.28. The number of nitrogens with one attached hydrogen (secondary N) is 1. The topological polar surface area (TPSA) is 69.7 Å². The minimum atomic E-state index is -3.99. The first-order valence-corrected chi connectivity index (χ1v) is 10.7. The molecule has 1 heterocycles. The molecule has 1 N–H and O–H groups in total. The number of carbonyl (C=O) groups is 1.